The first-order chi connectivity index (χ1) is 25.5. The van der Waals surface area contributed by atoms with Crippen molar-refractivity contribution in [2.24, 2.45) is 30.7 Å². The predicted molar refractivity (Wildman–Crippen MR) is 186 cm³/mol. The first kappa shape index (κ1) is 36.9. The number of anilines is 2. The van der Waals surface area contributed by atoms with E-state index in [2.05, 4.69) is 30.7 Å². The highest BCUT2D eigenvalue weighted by Crippen LogP contribution is 2.29. The van der Waals surface area contributed by atoms with E-state index in [1.807, 2.05) is 0 Å². The Labute approximate surface area is 303 Å². The number of rotatable bonds is 11. The maximum Gasteiger partial charge on any atom is 0.355 e. The van der Waals surface area contributed by atoms with Gasteiger partial charge in [-0.2, -0.15) is 57.5 Å². The molecule has 0 aliphatic carbocycles. The number of hydrazone groups is 2. The van der Waals surface area contributed by atoms with Gasteiger partial charge in [0.15, 0.2) is 11.4 Å². The number of carboxylic acid groups (broad SMARTS) is 2. The SMILES string of the molecule is O=C(O)C1=NN(c2ccc(S(=O)(=O)O)cc2)C(=O)C1N=Nc1ccc(-c2ccc(N=NC3C(=O)N(c4ccc(S(=O)(=O)O)cc4)N=C3C(=O)O)cc2)cc1. The number of amides is 2. The standard InChI is InChI=1S/C32H22N8O12S2/c41-29-25(27(31(43)44)37-39(29)21-9-13-23(14-10-21)53(47,48)49)35-33-19-5-1-17(2-6-19)18-3-7-20(8-4-18)34-36-26-28(32(45)46)38-40(30(26)42)22-11-15-24(16-12-22)54(50,51)52/h1-16,25-26H,(H,43,44)(H,45,46)(H,47,48,49)(H,50,51,52). The van der Waals surface area contributed by atoms with E-state index in [1.165, 1.54) is 0 Å². The van der Waals surface area contributed by atoms with Crippen LogP contribution in [0.15, 0.2) is 138 Å². The summed E-state index contributed by atoms with van der Waals surface area (Å²) in [5.74, 6) is -4.78. The van der Waals surface area contributed by atoms with Crippen molar-refractivity contribution in [3.63, 3.8) is 0 Å². The summed E-state index contributed by atoms with van der Waals surface area (Å²) in [6, 6.07) is 18.4. The number of carbonyl (C=O) groups excluding carboxylic acids is 2. The van der Waals surface area contributed by atoms with Gasteiger partial charge in [-0.25, -0.2) is 9.59 Å². The van der Waals surface area contributed by atoms with Crippen molar-refractivity contribution in [1.82, 2.24) is 0 Å². The number of azo groups is 2. The molecule has 0 saturated carbocycles. The van der Waals surface area contributed by atoms with Crippen LogP contribution in [0, 0.1) is 0 Å². The lowest BCUT2D eigenvalue weighted by Crippen LogP contribution is -2.33. The molecule has 2 unspecified atom stereocenters. The molecule has 0 fully saturated rings. The van der Waals surface area contributed by atoms with Crippen LogP contribution in [0.25, 0.3) is 11.1 Å². The van der Waals surface area contributed by atoms with Crippen LogP contribution in [0.4, 0.5) is 22.7 Å². The van der Waals surface area contributed by atoms with E-state index in [0.717, 1.165) is 58.5 Å². The molecule has 2 amide bonds. The smallest absolute Gasteiger partial charge is 0.355 e. The fourth-order valence-electron chi connectivity index (χ4n) is 5.00. The Bertz CT molecular complexity index is 2360. The molecule has 0 spiro atoms. The zero-order valence-electron chi connectivity index (χ0n) is 26.8. The van der Waals surface area contributed by atoms with Gasteiger partial charge in [0.1, 0.15) is 0 Å². The number of carboxylic acids is 2. The van der Waals surface area contributed by atoms with Crippen LogP contribution in [0.5, 0.6) is 0 Å². The third-order valence-corrected chi connectivity index (χ3v) is 9.40. The van der Waals surface area contributed by atoms with Gasteiger partial charge in [-0.15, -0.1) is 0 Å². The average Bonchev–Trinajstić information content (AvgIpc) is 3.65. The van der Waals surface area contributed by atoms with Crippen LogP contribution in [0.2, 0.25) is 0 Å². The zero-order chi connectivity index (χ0) is 38.9. The third-order valence-electron chi connectivity index (χ3n) is 7.66. The summed E-state index contributed by atoms with van der Waals surface area (Å²) in [7, 11) is -9.00. The highest BCUT2D eigenvalue weighted by molar-refractivity contribution is 7.86. The fourth-order valence-corrected chi connectivity index (χ4v) is 5.96. The number of hydrogen-bond donors (Lipinski definition) is 4. The molecule has 6 rings (SSSR count). The van der Waals surface area contributed by atoms with Crippen molar-refractivity contribution in [2.75, 3.05) is 10.0 Å². The summed E-state index contributed by atoms with van der Waals surface area (Å²) >= 11 is 0. The molecular formula is C32H22N8O12S2. The Balaban J connectivity index is 1.12. The first-order valence-corrected chi connectivity index (χ1v) is 17.9. The van der Waals surface area contributed by atoms with Crippen LogP contribution < -0.4 is 10.0 Å². The Morgan fingerprint density at radius 2 is 0.852 bits per heavy atom. The van der Waals surface area contributed by atoms with Gasteiger partial charge in [0.05, 0.1) is 32.5 Å². The van der Waals surface area contributed by atoms with Crippen molar-refractivity contribution < 1.29 is 55.3 Å². The van der Waals surface area contributed by atoms with E-state index in [9.17, 15) is 46.2 Å². The summed E-state index contributed by atoms with van der Waals surface area (Å²) < 4.78 is 63.6. The van der Waals surface area contributed by atoms with Crippen molar-refractivity contribution in [3.05, 3.63) is 97.1 Å². The molecule has 4 aromatic carbocycles. The summed E-state index contributed by atoms with van der Waals surface area (Å²) in [6.07, 6.45) is 0. The summed E-state index contributed by atoms with van der Waals surface area (Å²) in [5, 5.41) is 44.1. The Kier molecular flexibility index (Phi) is 9.75. The maximum absolute atomic E-state index is 13.0. The minimum atomic E-state index is -4.50. The number of benzene rings is 4. The second kappa shape index (κ2) is 14.3. The molecule has 4 N–H and O–H groups in total. The quantitative estimate of drug-likeness (QED) is 0.125. The van der Waals surface area contributed by atoms with Crippen molar-refractivity contribution >= 4 is 78.2 Å². The van der Waals surface area contributed by atoms with E-state index >= 15 is 0 Å². The van der Waals surface area contributed by atoms with E-state index in [0.29, 0.717) is 11.1 Å². The number of nitrogens with zero attached hydrogens (tertiary/aromatic N) is 8. The third kappa shape index (κ3) is 7.65. The van der Waals surface area contributed by atoms with Gasteiger partial charge >= 0.3 is 11.9 Å². The van der Waals surface area contributed by atoms with Crippen LogP contribution in [-0.2, 0) is 39.4 Å². The number of carbonyl (C=O) groups is 4. The summed E-state index contributed by atoms with van der Waals surface area (Å²) in [6.45, 7) is 0. The molecule has 20 nitrogen and oxygen atoms in total. The zero-order valence-corrected chi connectivity index (χ0v) is 28.5. The normalized spacial score (nSPS) is 17.7. The average molecular weight is 775 g/mol. The van der Waals surface area contributed by atoms with Gasteiger partial charge in [-0.3, -0.25) is 18.7 Å². The lowest BCUT2D eigenvalue weighted by molar-refractivity contribution is -0.130. The van der Waals surface area contributed by atoms with Crippen LogP contribution >= 0.6 is 0 Å². The van der Waals surface area contributed by atoms with Crippen LogP contribution in [0.3, 0.4) is 0 Å². The topological polar surface area (TPSA) is 298 Å². The van der Waals surface area contributed by atoms with E-state index in [-0.39, 0.29) is 22.7 Å². The molecule has 274 valence electrons. The van der Waals surface area contributed by atoms with Gasteiger partial charge < -0.3 is 10.2 Å². The van der Waals surface area contributed by atoms with Gasteiger partial charge in [0.25, 0.3) is 32.1 Å². The minimum Gasteiger partial charge on any atom is -0.477 e. The molecule has 2 aliphatic rings. The first-order valence-electron chi connectivity index (χ1n) is 15.0. The van der Waals surface area contributed by atoms with E-state index in [4.69, 9.17) is 9.11 Å². The molecule has 4 aromatic rings. The van der Waals surface area contributed by atoms with Crippen molar-refractivity contribution in [3.8, 4) is 11.1 Å². The molecule has 0 bridgehead atoms. The predicted octanol–water partition coefficient (Wildman–Crippen LogP) is 3.73. The summed E-state index contributed by atoms with van der Waals surface area (Å²) in [4.78, 5) is 48.8. The molecule has 0 aromatic heterocycles. The van der Waals surface area contributed by atoms with Gasteiger partial charge in [-0.05, 0) is 83.9 Å². The lowest BCUT2D eigenvalue weighted by Gasteiger charge is -2.12. The van der Waals surface area contributed by atoms with Gasteiger partial charge in [0, 0.05) is 0 Å². The second-order valence-electron chi connectivity index (χ2n) is 11.1. The number of aliphatic carboxylic acids is 2. The van der Waals surface area contributed by atoms with Crippen molar-refractivity contribution in [2.45, 2.75) is 21.9 Å². The Morgan fingerprint density at radius 3 is 1.13 bits per heavy atom. The molecule has 22 heteroatoms. The van der Waals surface area contributed by atoms with Crippen LogP contribution in [0.1, 0.15) is 0 Å². The van der Waals surface area contributed by atoms with Gasteiger partial charge in [-0.1, -0.05) is 24.3 Å². The lowest BCUT2D eigenvalue weighted by atomic mass is 10.1. The highest BCUT2D eigenvalue weighted by atomic mass is 32.2. The monoisotopic (exact) mass is 774 g/mol. The molecule has 0 saturated heterocycles. The molecule has 2 heterocycles. The Morgan fingerprint density at radius 1 is 0.537 bits per heavy atom. The maximum atomic E-state index is 13.0. The van der Waals surface area contributed by atoms with E-state index in [1.54, 1.807) is 48.5 Å². The van der Waals surface area contributed by atoms with E-state index < -0.39 is 77.3 Å². The van der Waals surface area contributed by atoms with Gasteiger partial charge in [0.2, 0.25) is 12.1 Å². The van der Waals surface area contributed by atoms with Crippen LogP contribution in [-0.4, -0.2) is 83.4 Å². The molecule has 0 radical (unpaired) electrons. The molecule has 2 atom stereocenters. The molecule has 54 heavy (non-hydrogen) atoms. The fraction of sp³-hybridized carbons (Fsp3) is 0.0625. The highest BCUT2D eigenvalue weighted by Gasteiger charge is 2.42. The van der Waals surface area contributed by atoms with Crippen molar-refractivity contribution in [1.29, 1.82) is 0 Å². The second-order valence-corrected chi connectivity index (χ2v) is 14.0. The molecule has 2 aliphatic heterocycles. The number of hydrogen-bond acceptors (Lipinski definition) is 14. The Hall–Kier alpha value is -6.88. The minimum absolute atomic E-state index is 0.0300. The summed E-state index contributed by atoms with van der Waals surface area (Å²) in [5.41, 5.74) is 0.741. The largest absolute Gasteiger partial charge is 0.477 e. The molecular weight excluding hydrogens is 753 g/mol.